The number of carbonyl (C=O) groups excluding carboxylic acids is 1. The number of thioether (sulfide) groups is 1. The van der Waals surface area contributed by atoms with Gasteiger partial charge in [-0.1, -0.05) is 0 Å². The van der Waals surface area contributed by atoms with Crippen molar-refractivity contribution in [2.24, 2.45) is 0 Å². The first kappa shape index (κ1) is 11.6. The topological polar surface area (TPSA) is 54.0 Å². The van der Waals surface area contributed by atoms with Gasteiger partial charge in [0.15, 0.2) is 0 Å². The number of carbonyl (C=O) groups is 1. The number of hydrogen-bond acceptors (Lipinski definition) is 5. The molecule has 0 fully saturated rings. The van der Waals surface area contributed by atoms with Crippen LogP contribution in [0.5, 0.6) is 0 Å². The summed E-state index contributed by atoms with van der Waals surface area (Å²) in [7, 11) is 0. The van der Waals surface area contributed by atoms with Crippen LogP contribution in [0.2, 0.25) is 0 Å². The average Bonchev–Trinajstić information content (AvgIpc) is 2.89. The molecule has 0 radical (unpaired) electrons. The summed E-state index contributed by atoms with van der Waals surface area (Å²) >= 11 is 3.16. The molecule has 2 N–H and O–H groups in total. The van der Waals surface area contributed by atoms with Gasteiger partial charge in [0.2, 0.25) is 5.91 Å². The SMILES string of the molecule is O=C1CSc2ccc(NCc3cscn3)cc2N1. The third-order valence-corrected chi connectivity index (χ3v) is 4.28. The molecule has 1 aromatic heterocycles. The molecule has 0 unspecified atom stereocenters. The van der Waals surface area contributed by atoms with Crippen LogP contribution in [0.25, 0.3) is 0 Å². The molecule has 4 nitrogen and oxygen atoms in total. The molecule has 2 aromatic rings. The number of fused-ring (bicyclic) bond motifs is 1. The van der Waals surface area contributed by atoms with Crippen molar-refractivity contribution in [2.75, 3.05) is 16.4 Å². The van der Waals surface area contributed by atoms with E-state index < -0.39 is 0 Å². The summed E-state index contributed by atoms with van der Waals surface area (Å²) in [5, 5.41) is 8.19. The van der Waals surface area contributed by atoms with Crippen LogP contribution < -0.4 is 10.6 Å². The standard InChI is InChI=1S/C12H11N3OS2/c16-12-6-18-11-2-1-8(3-10(11)15-12)13-4-9-5-17-7-14-9/h1-3,5,7,13H,4,6H2,(H,15,16). The van der Waals surface area contributed by atoms with Crippen LogP contribution in [-0.4, -0.2) is 16.6 Å². The summed E-state index contributed by atoms with van der Waals surface area (Å²) in [4.78, 5) is 16.7. The van der Waals surface area contributed by atoms with E-state index in [0.717, 1.165) is 22.0 Å². The summed E-state index contributed by atoms with van der Waals surface area (Å²) in [6, 6.07) is 6.02. The molecule has 1 amide bonds. The number of nitrogens with zero attached hydrogens (tertiary/aromatic N) is 1. The first-order valence-corrected chi connectivity index (χ1v) is 7.42. The minimum Gasteiger partial charge on any atom is -0.379 e. The van der Waals surface area contributed by atoms with Crippen LogP contribution in [0.4, 0.5) is 11.4 Å². The monoisotopic (exact) mass is 277 g/mol. The molecule has 0 spiro atoms. The second-order valence-corrected chi connectivity index (χ2v) is 5.62. The van der Waals surface area contributed by atoms with Crippen LogP contribution in [-0.2, 0) is 11.3 Å². The minimum absolute atomic E-state index is 0.0594. The van der Waals surface area contributed by atoms with Gasteiger partial charge in [-0.2, -0.15) is 0 Å². The molecule has 0 saturated heterocycles. The highest BCUT2D eigenvalue weighted by molar-refractivity contribution is 8.00. The Balaban J connectivity index is 1.73. The number of thiazole rings is 1. The van der Waals surface area contributed by atoms with E-state index in [0.29, 0.717) is 12.3 Å². The first-order valence-electron chi connectivity index (χ1n) is 5.49. The molecule has 18 heavy (non-hydrogen) atoms. The lowest BCUT2D eigenvalue weighted by Crippen LogP contribution is -2.18. The van der Waals surface area contributed by atoms with E-state index in [1.165, 1.54) is 0 Å². The van der Waals surface area contributed by atoms with Crippen LogP contribution in [0.15, 0.2) is 34.0 Å². The quantitative estimate of drug-likeness (QED) is 0.906. The maximum Gasteiger partial charge on any atom is 0.234 e. The molecule has 92 valence electrons. The Hall–Kier alpha value is -1.53. The zero-order chi connectivity index (χ0) is 12.4. The zero-order valence-electron chi connectivity index (χ0n) is 9.47. The fourth-order valence-corrected chi connectivity index (χ4v) is 3.06. The molecule has 1 aromatic carbocycles. The van der Waals surface area contributed by atoms with Crippen LogP contribution in [0, 0.1) is 0 Å². The average molecular weight is 277 g/mol. The van der Waals surface area contributed by atoms with Crippen LogP contribution in [0.3, 0.4) is 0 Å². The Bertz CT molecular complexity index is 569. The number of rotatable bonds is 3. The third kappa shape index (κ3) is 2.49. The maximum atomic E-state index is 11.3. The molecule has 6 heteroatoms. The van der Waals surface area contributed by atoms with Gasteiger partial charge in [0.25, 0.3) is 0 Å². The molecule has 0 atom stereocenters. The molecule has 0 bridgehead atoms. The number of nitrogens with one attached hydrogen (secondary N) is 2. The van der Waals surface area contributed by atoms with Crippen molar-refractivity contribution in [1.82, 2.24) is 4.98 Å². The number of hydrogen-bond donors (Lipinski definition) is 2. The summed E-state index contributed by atoms with van der Waals surface area (Å²) in [6.07, 6.45) is 0. The van der Waals surface area contributed by atoms with Gasteiger partial charge in [-0.15, -0.1) is 23.1 Å². The van der Waals surface area contributed by atoms with Crippen molar-refractivity contribution in [3.8, 4) is 0 Å². The predicted molar refractivity (Wildman–Crippen MR) is 75.2 cm³/mol. The van der Waals surface area contributed by atoms with E-state index in [-0.39, 0.29) is 5.91 Å². The van der Waals surface area contributed by atoms with Gasteiger partial charge < -0.3 is 10.6 Å². The lowest BCUT2D eigenvalue weighted by atomic mass is 10.2. The van der Waals surface area contributed by atoms with Gasteiger partial charge in [0.1, 0.15) is 0 Å². The van der Waals surface area contributed by atoms with Crippen molar-refractivity contribution in [2.45, 2.75) is 11.4 Å². The van der Waals surface area contributed by atoms with E-state index in [1.807, 2.05) is 29.1 Å². The Labute approximate surface area is 113 Å². The van der Waals surface area contributed by atoms with E-state index in [9.17, 15) is 4.79 Å². The second kappa shape index (κ2) is 4.99. The van der Waals surface area contributed by atoms with E-state index in [1.54, 1.807) is 23.1 Å². The van der Waals surface area contributed by atoms with E-state index >= 15 is 0 Å². The Morgan fingerprint density at radius 1 is 1.44 bits per heavy atom. The molecule has 1 aliphatic rings. The Kier molecular flexibility index (Phi) is 3.21. The molecule has 0 aliphatic carbocycles. The predicted octanol–water partition coefficient (Wildman–Crippen LogP) is 2.80. The van der Waals surface area contributed by atoms with Crippen molar-refractivity contribution >= 4 is 40.4 Å². The smallest absolute Gasteiger partial charge is 0.234 e. The zero-order valence-corrected chi connectivity index (χ0v) is 11.1. The number of anilines is 2. The number of benzene rings is 1. The highest BCUT2D eigenvalue weighted by atomic mass is 32.2. The molecule has 0 saturated carbocycles. The van der Waals surface area contributed by atoms with Gasteiger partial charge in [-0.05, 0) is 18.2 Å². The molecular formula is C12H11N3OS2. The van der Waals surface area contributed by atoms with Gasteiger partial charge in [-0.25, -0.2) is 4.98 Å². The number of aromatic nitrogens is 1. The van der Waals surface area contributed by atoms with E-state index in [2.05, 4.69) is 15.6 Å². The van der Waals surface area contributed by atoms with Crippen molar-refractivity contribution < 1.29 is 4.79 Å². The summed E-state index contributed by atoms with van der Waals surface area (Å²) in [6.45, 7) is 0.698. The van der Waals surface area contributed by atoms with Crippen LogP contribution >= 0.6 is 23.1 Å². The van der Waals surface area contributed by atoms with Gasteiger partial charge in [0.05, 0.1) is 29.2 Å². The van der Waals surface area contributed by atoms with E-state index in [4.69, 9.17) is 0 Å². The molecule has 2 heterocycles. The Morgan fingerprint density at radius 3 is 3.22 bits per heavy atom. The molecule has 3 rings (SSSR count). The van der Waals surface area contributed by atoms with Crippen molar-refractivity contribution in [3.63, 3.8) is 0 Å². The maximum absolute atomic E-state index is 11.3. The normalized spacial score (nSPS) is 13.9. The van der Waals surface area contributed by atoms with Gasteiger partial charge in [-0.3, -0.25) is 4.79 Å². The fourth-order valence-electron chi connectivity index (χ4n) is 1.71. The highest BCUT2D eigenvalue weighted by Crippen LogP contribution is 2.33. The first-order chi connectivity index (χ1) is 8.81. The lowest BCUT2D eigenvalue weighted by Gasteiger charge is -2.17. The van der Waals surface area contributed by atoms with Crippen LogP contribution in [0.1, 0.15) is 5.69 Å². The third-order valence-electron chi connectivity index (χ3n) is 2.57. The van der Waals surface area contributed by atoms with Gasteiger partial charge in [0, 0.05) is 16.0 Å². The molecular weight excluding hydrogens is 266 g/mol. The summed E-state index contributed by atoms with van der Waals surface area (Å²) < 4.78 is 0. The highest BCUT2D eigenvalue weighted by Gasteiger charge is 2.15. The van der Waals surface area contributed by atoms with Crippen molar-refractivity contribution in [1.29, 1.82) is 0 Å². The lowest BCUT2D eigenvalue weighted by molar-refractivity contribution is -0.113. The summed E-state index contributed by atoms with van der Waals surface area (Å²) in [5.41, 5.74) is 4.72. The summed E-state index contributed by atoms with van der Waals surface area (Å²) in [5.74, 6) is 0.558. The van der Waals surface area contributed by atoms with Crippen molar-refractivity contribution in [3.05, 3.63) is 34.8 Å². The largest absolute Gasteiger partial charge is 0.379 e. The second-order valence-electron chi connectivity index (χ2n) is 3.88. The number of amides is 1. The van der Waals surface area contributed by atoms with Gasteiger partial charge >= 0.3 is 0 Å². The minimum atomic E-state index is 0.0594. The fraction of sp³-hybridized carbons (Fsp3) is 0.167. The Morgan fingerprint density at radius 2 is 2.39 bits per heavy atom. The molecule has 1 aliphatic heterocycles.